The lowest BCUT2D eigenvalue weighted by molar-refractivity contribution is 0.0814. The monoisotopic (exact) mass is 303 g/mol. The Hall–Kier alpha value is -1.58. The molecule has 8 nitrogen and oxygen atoms in total. The Morgan fingerprint density at radius 3 is 2.80 bits per heavy atom. The number of carbonyl (C=O) groups excluding carboxylic acids is 1. The van der Waals surface area contributed by atoms with Gasteiger partial charge in [0.05, 0.1) is 18.4 Å². The van der Waals surface area contributed by atoms with Crippen molar-refractivity contribution < 1.29 is 22.5 Å². The lowest BCUT2D eigenvalue weighted by atomic mass is 10.2. The van der Waals surface area contributed by atoms with Crippen molar-refractivity contribution in [1.29, 1.82) is 0 Å². The number of aromatic nitrogens is 1. The number of ether oxygens (including phenoxy) is 1. The summed E-state index contributed by atoms with van der Waals surface area (Å²) in [6.07, 6.45) is 1.54. The summed E-state index contributed by atoms with van der Waals surface area (Å²) < 4.78 is 37.5. The average molecular weight is 303 g/mol. The Labute approximate surface area is 116 Å². The molecule has 2 heterocycles. The summed E-state index contributed by atoms with van der Waals surface area (Å²) in [4.78, 5) is 15.9. The molecule has 20 heavy (non-hydrogen) atoms. The van der Waals surface area contributed by atoms with Gasteiger partial charge in [-0.15, -0.1) is 0 Å². The van der Waals surface area contributed by atoms with E-state index in [1.807, 2.05) is 13.8 Å². The van der Waals surface area contributed by atoms with Crippen molar-refractivity contribution in [2.45, 2.75) is 25.4 Å². The average Bonchev–Trinajstić information content (AvgIpc) is 2.79. The van der Waals surface area contributed by atoms with Gasteiger partial charge in [0.1, 0.15) is 5.69 Å². The molecule has 0 spiro atoms. The molecular formula is C11H17N3O5S. The molecule has 9 heteroatoms. The van der Waals surface area contributed by atoms with Crippen molar-refractivity contribution in [3.05, 3.63) is 18.0 Å². The Morgan fingerprint density at radius 1 is 1.50 bits per heavy atom. The molecular weight excluding hydrogens is 286 g/mol. The van der Waals surface area contributed by atoms with Gasteiger partial charge in [0.2, 0.25) is 5.50 Å². The quantitative estimate of drug-likeness (QED) is 0.668. The van der Waals surface area contributed by atoms with Crippen LogP contribution in [0.15, 0.2) is 12.3 Å². The molecule has 1 amide bonds. The van der Waals surface area contributed by atoms with E-state index in [9.17, 15) is 17.8 Å². The van der Waals surface area contributed by atoms with Gasteiger partial charge in [-0.25, -0.2) is 0 Å². The first-order chi connectivity index (χ1) is 9.30. The number of nitrogens with one attached hydrogen (secondary N) is 2. The molecule has 1 aliphatic rings. The number of aromatic amines is 1. The summed E-state index contributed by atoms with van der Waals surface area (Å²) in [5, 5.41) is 2.25. The molecule has 0 bridgehead atoms. The van der Waals surface area contributed by atoms with Crippen LogP contribution in [0.2, 0.25) is 0 Å². The van der Waals surface area contributed by atoms with Gasteiger partial charge in [-0.3, -0.25) is 9.35 Å². The third kappa shape index (κ3) is 2.94. The van der Waals surface area contributed by atoms with Gasteiger partial charge in [-0.1, -0.05) is 0 Å². The van der Waals surface area contributed by atoms with Crippen LogP contribution < -0.4 is 10.2 Å². The Morgan fingerprint density at radius 2 is 2.20 bits per heavy atom. The van der Waals surface area contributed by atoms with Gasteiger partial charge in [-0.2, -0.15) is 8.42 Å². The molecule has 0 fully saturated rings. The number of nitrogens with zero attached hydrogens (tertiary/aromatic N) is 1. The first-order valence-corrected chi connectivity index (χ1v) is 7.64. The van der Waals surface area contributed by atoms with E-state index in [1.165, 1.54) is 11.1 Å². The highest BCUT2D eigenvalue weighted by atomic mass is 32.2. The van der Waals surface area contributed by atoms with Gasteiger partial charge in [0.15, 0.2) is 0 Å². The molecule has 2 rings (SSSR count). The fraction of sp³-hybridized carbons (Fsp3) is 0.545. The highest BCUT2D eigenvalue weighted by Gasteiger charge is 2.38. The molecule has 112 valence electrons. The van der Waals surface area contributed by atoms with Crippen LogP contribution in [0.4, 0.5) is 5.69 Å². The van der Waals surface area contributed by atoms with Crippen LogP contribution >= 0.6 is 0 Å². The van der Waals surface area contributed by atoms with E-state index in [0.29, 0.717) is 5.69 Å². The molecule has 0 unspecified atom stereocenters. The number of hydrogen-bond donors (Lipinski definition) is 3. The first kappa shape index (κ1) is 14.8. The topological polar surface area (TPSA) is 112 Å². The van der Waals surface area contributed by atoms with E-state index in [-0.39, 0.29) is 24.9 Å². The Bertz CT molecular complexity index is 595. The maximum absolute atomic E-state index is 11.8. The van der Waals surface area contributed by atoms with E-state index < -0.39 is 21.5 Å². The molecule has 1 atom stereocenters. The molecule has 0 aromatic carbocycles. The zero-order valence-electron chi connectivity index (χ0n) is 11.2. The standard InChI is InChI=1S/C11H17N3O5S/c1-7(2)19-6-5-14-8-3-4-12-9(8)10(15)13-11(14)20(16,17)18/h3-4,7,11-12H,5-6H2,1-2H3,(H,13,15)(H,16,17,18)/t11-/m0/s1. The lowest BCUT2D eigenvalue weighted by Crippen LogP contribution is -2.57. The molecule has 1 aromatic heterocycles. The van der Waals surface area contributed by atoms with Crippen molar-refractivity contribution >= 4 is 21.7 Å². The fourth-order valence-corrected chi connectivity index (χ4v) is 2.83. The van der Waals surface area contributed by atoms with Crippen LogP contribution in [-0.2, 0) is 14.9 Å². The summed E-state index contributed by atoms with van der Waals surface area (Å²) >= 11 is 0. The molecule has 1 aliphatic heterocycles. The zero-order valence-corrected chi connectivity index (χ0v) is 12.0. The predicted octanol–water partition coefficient (Wildman–Crippen LogP) is 0.161. The Balaban J connectivity index is 2.27. The maximum Gasteiger partial charge on any atom is 0.306 e. The van der Waals surface area contributed by atoms with E-state index in [4.69, 9.17) is 4.74 Å². The minimum absolute atomic E-state index is 0.00394. The van der Waals surface area contributed by atoms with E-state index in [2.05, 4.69) is 10.3 Å². The lowest BCUT2D eigenvalue weighted by Gasteiger charge is -2.35. The summed E-state index contributed by atoms with van der Waals surface area (Å²) in [5.74, 6) is -0.575. The largest absolute Gasteiger partial charge is 0.377 e. The second-order valence-corrected chi connectivity index (χ2v) is 6.17. The summed E-state index contributed by atoms with van der Waals surface area (Å²) in [6.45, 7) is 4.21. The second-order valence-electron chi connectivity index (χ2n) is 4.69. The normalized spacial score (nSPS) is 19.1. The molecule has 1 aromatic rings. The minimum atomic E-state index is -4.45. The second kappa shape index (κ2) is 5.43. The number of anilines is 1. The Kier molecular flexibility index (Phi) is 4.02. The van der Waals surface area contributed by atoms with Gasteiger partial charge >= 0.3 is 10.1 Å². The van der Waals surface area contributed by atoms with Crippen LogP contribution in [-0.4, -0.2) is 48.6 Å². The predicted molar refractivity (Wildman–Crippen MR) is 72.0 cm³/mol. The zero-order chi connectivity index (χ0) is 14.9. The number of fused-ring (bicyclic) bond motifs is 1. The van der Waals surface area contributed by atoms with E-state index >= 15 is 0 Å². The SMILES string of the molecule is CC(C)OCCN1c2cc[nH]c2C(=O)N[C@@H]1S(=O)(=O)O. The van der Waals surface area contributed by atoms with Crippen molar-refractivity contribution in [1.82, 2.24) is 10.3 Å². The maximum atomic E-state index is 11.8. The molecule has 0 saturated heterocycles. The van der Waals surface area contributed by atoms with Crippen molar-refractivity contribution in [2.75, 3.05) is 18.1 Å². The van der Waals surface area contributed by atoms with Crippen LogP contribution in [0.1, 0.15) is 24.3 Å². The van der Waals surface area contributed by atoms with Gasteiger partial charge in [-0.05, 0) is 19.9 Å². The van der Waals surface area contributed by atoms with E-state index in [0.717, 1.165) is 0 Å². The summed E-state index contributed by atoms with van der Waals surface area (Å²) in [5.41, 5.74) is -0.827. The molecule has 0 saturated carbocycles. The third-order valence-electron chi connectivity index (χ3n) is 2.86. The van der Waals surface area contributed by atoms with Gasteiger partial charge < -0.3 is 19.9 Å². The summed E-state index contributed by atoms with van der Waals surface area (Å²) in [6, 6.07) is 1.58. The molecule has 0 radical (unpaired) electrons. The molecule has 3 N–H and O–H groups in total. The fourth-order valence-electron chi connectivity index (χ4n) is 2.03. The number of carbonyl (C=O) groups is 1. The number of H-pyrrole nitrogens is 1. The van der Waals surface area contributed by atoms with Crippen LogP contribution in [0.25, 0.3) is 0 Å². The smallest absolute Gasteiger partial charge is 0.306 e. The molecule has 0 aliphatic carbocycles. The van der Waals surface area contributed by atoms with Crippen LogP contribution in [0, 0.1) is 0 Å². The number of hydrogen-bond acceptors (Lipinski definition) is 5. The van der Waals surface area contributed by atoms with Crippen LogP contribution in [0.5, 0.6) is 0 Å². The summed E-state index contributed by atoms with van der Waals surface area (Å²) in [7, 11) is -4.45. The highest BCUT2D eigenvalue weighted by Crippen LogP contribution is 2.26. The van der Waals surface area contributed by atoms with Gasteiger partial charge in [0, 0.05) is 12.7 Å². The van der Waals surface area contributed by atoms with E-state index in [1.54, 1.807) is 6.07 Å². The van der Waals surface area contributed by atoms with Crippen molar-refractivity contribution in [3.63, 3.8) is 0 Å². The third-order valence-corrected chi connectivity index (χ3v) is 3.80. The van der Waals surface area contributed by atoms with Crippen molar-refractivity contribution in [2.24, 2.45) is 0 Å². The minimum Gasteiger partial charge on any atom is -0.377 e. The van der Waals surface area contributed by atoms with Gasteiger partial charge in [0.25, 0.3) is 5.91 Å². The van der Waals surface area contributed by atoms with Crippen molar-refractivity contribution in [3.8, 4) is 0 Å². The highest BCUT2D eigenvalue weighted by molar-refractivity contribution is 7.86. The number of rotatable bonds is 5. The number of amides is 1. The van der Waals surface area contributed by atoms with Crippen LogP contribution in [0.3, 0.4) is 0 Å². The first-order valence-electron chi connectivity index (χ1n) is 6.13.